The van der Waals surface area contributed by atoms with Crippen LogP contribution in [-0.2, 0) is 0 Å². The summed E-state index contributed by atoms with van der Waals surface area (Å²) in [5, 5.41) is 3.33. The first-order valence-corrected chi connectivity index (χ1v) is 8.10. The number of hydrogen-bond acceptors (Lipinski definition) is 4. The normalized spacial score (nSPS) is 26.5. The van der Waals surface area contributed by atoms with E-state index in [4.69, 9.17) is 4.74 Å². The number of nitrogens with zero attached hydrogens (tertiary/aromatic N) is 2. The van der Waals surface area contributed by atoms with Crippen LogP contribution in [0.4, 0.5) is 5.69 Å². The SMILES string of the molecule is CNCC1CCC1N1CCN(c2ccccc2OC)CC1. The summed E-state index contributed by atoms with van der Waals surface area (Å²) >= 11 is 0. The van der Waals surface area contributed by atoms with Gasteiger partial charge in [-0.25, -0.2) is 0 Å². The molecular weight excluding hydrogens is 262 g/mol. The molecule has 1 aliphatic heterocycles. The molecule has 1 aliphatic carbocycles. The van der Waals surface area contributed by atoms with Gasteiger partial charge in [0, 0.05) is 32.2 Å². The molecule has 1 aromatic rings. The zero-order chi connectivity index (χ0) is 14.7. The molecule has 0 aromatic heterocycles. The second-order valence-electron chi connectivity index (χ2n) is 6.16. The quantitative estimate of drug-likeness (QED) is 0.895. The smallest absolute Gasteiger partial charge is 0.142 e. The van der Waals surface area contributed by atoms with Gasteiger partial charge in [-0.05, 0) is 44.5 Å². The number of ether oxygens (including phenoxy) is 1. The van der Waals surface area contributed by atoms with Gasteiger partial charge in [-0.2, -0.15) is 0 Å². The van der Waals surface area contributed by atoms with E-state index in [1.54, 1.807) is 7.11 Å². The van der Waals surface area contributed by atoms with Gasteiger partial charge in [-0.1, -0.05) is 12.1 Å². The van der Waals surface area contributed by atoms with Crippen molar-refractivity contribution in [3.05, 3.63) is 24.3 Å². The van der Waals surface area contributed by atoms with E-state index in [0.29, 0.717) is 0 Å². The van der Waals surface area contributed by atoms with Crippen LogP contribution in [0.25, 0.3) is 0 Å². The number of para-hydroxylation sites is 2. The average molecular weight is 289 g/mol. The topological polar surface area (TPSA) is 27.7 Å². The van der Waals surface area contributed by atoms with Crippen molar-refractivity contribution >= 4 is 5.69 Å². The summed E-state index contributed by atoms with van der Waals surface area (Å²) in [7, 11) is 3.82. The summed E-state index contributed by atoms with van der Waals surface area (Å²) in [6.07, 6.45) is 2.76. The Balaban J connectivity index is 1.58. The van der Waals surface area contributed by atoms with Crippen LogP contribution < -0.4 is 15.0 Å². The Hall–Kier alpha value is -1.26. The van der Waals surface area contributed by atoms with E-state index in [1.807, 2.05) is 6.07 Å². The summed E-state index contributed by atoms with van der Waals surface area (Å²) in [6, 6.07) is 9.16. The highest BCUT2D eigenvalue weighted by Crippen LogP contribution is 2.34. The molecule has 2 atom stereocenters. The predicted octanol–water partition coefficient (Wildman–Crippen LogP) is 1.82. The summed E-state index contributed by atoms with van der Waals surface area (Å²) in [5.74, 6) is 1.84. The van der Waals surface area contributed by atoms with Crippen molar-refractivity contribution in [2.45, 2.75) is 18.9 Å². The zero-order valence-corrected chi connectivity index (χ0v) is 13.2. The van der Waals surface area contributed by atoms with Gasteiger partial charge in [0.25, 0.3) is 0 Å². The first-order valence-electron chi connectivity index (χ1n) is 8.10. The van der Waals surface area contributed by atoms with E-state index < -0.39 is 0 Å². The molecular formula is C17H27N3O. The van der Waals surface area contributed by atoms with Crippen molar-refractivity contribution in [2.24, 2.45) is 5.92 Å². The summed E-state index contributed by atoms with van der Waals surface area (Å²) in [6.45, 7) is 5.70. The van der Waals surface area contributed by atoms with Crippen LogP contribution in [-0.4, -0.2) is 57.8 Å². The molecule has 1 N–H and O–H groups in total. The van der Waals surface area contributed by atoms with E-state index in [1.165, 1.54) is 31.6 Å². The molecule has 116 valence electrons. The Morgan fingerprint density at radius 1 is 1.14 bits per heavy atom. The van der Waals surface area contributed by atoms with Crippen molar-refractivity contribution in [1.29, 1.82) is 0 Å². The minimum atomic E-state index is 0.803. The van der Waals surface area contributed by atoms with Gasteiger partial charge in [0.05, 0.1) is 12.8 Å². The number of nitrogens with one attached hydrogen (secondary N) is 1. The highest BCUT2D eigenvalue weighted by molar-refractivity contribution is 5.58. The number of hydrogen-bond donors (Lipinski definition) is 1. The number of piperazine rings is 1. The molecule has 1 heterocycles. The molecule has 21 heavy (non-hydrogen) atoms. The Bertz CT molecular complexity index is 457. The summed E-state index contributed by atoms with van der Waals surface area (Å²) in [4.78, 5) is 5.15. The molecule has 1 saturated carbocycles. The lowest BCUT2D eigenvalue weighted by Gasteiger charge is -2.48. The number of benzene rings is 1. The molecule has 0 spiro atoms. The van der Waals surface area contributed by atoms with Crippen LogP contribution in [0, 0.1) is 5.92 Å². The van der Waals surface area contributed by atoms with E-state index in [-0.39, 0.29) is 0 Å². The van der Waals surface area contributed by atoms with Gasteiger partial charge in [-0.3, -0.25) is 4.90 Å². The summed E-state index contributed by atoms with van der Waals surface area (Å²) < 4.78 is 5.49. The fraction of sp³-hybridized carbons (Fsp3) is 0.647. The third-order valence-corrected chi connectivity index (χ3v) is 5.05. The second-order valence-corrected chi connectivity index (χ2v) is 6.16. The number of anilines is 1. The van der Waals surface area contributed by atoms with Crippen LogP contribution in [0.1, 0.15) is 12.8 Å². The maximum atomic E-state index is 5.49. The largest absolute Gasteiger partial charge is 0.495 e. The molecule has 2 aliphatic rings. The van der Waals surface area contributed by atoms with E-state index in [0.717, 1.165) is 37.3 Å². The molecule has 4 heteroatoms. The minimum absolute atomic E-state index is 0.803. The molecule has 0 amide bonds. The lowest BCUT2D eigenvalue weighted by molar-refractivity contribution is 0.0582. The first-order chi connectivity index (χ1) is 10.3. The van der Waals surface area contributed by atoms with Crippen molar-refractivity contribution in [3.63, 3.8) is 0 Å². The van der Waals surface area contributed by atoms with Gasteiger partial charge in [0.15, 0.2) is 0 Å². The Morgan fingerprint density at radius 2 is 1.90 bits per heavy atom. The monoisotopic (exact) mass is 289 g/mol. The molecule has 0 radical (unpaired) electrons. The maximum absolute atomic E-state index is 5.49. The first kappa shape index (κ1) is 14.7. The molecule has 1 saturated heterocycles. The average Bonchev–Trinajstić information content (AvgIpc) is 2.52. The van der Waals surface area contributed by atoms with Crippen molar-refractivity contribution in [3.8, 4) is 5.75 Å². The van der Waals surface area contributed by atoms with E-state index >= 15 is 0 Å². The van der Waals surface area contributed by atoms with Crippen LogP contribution in [0.5, 0.6) is 5.75 Å². The maximum Gasteiger partial charge on any atom is 0.142 e. The molecule has 1 aromatic carbocycles. The van der Waals surface area contributed by atoms with Crippen molar-refractivity contribution < 1.29 is 4.74 Å². The Kier molecular flexibility index (Phi) is 4.66. The van der Waals surface area contributed by atoms with Crippen LogP contribution >= 0.6 is 0 Å². The standard InChI is InChI=1S/C17H27N3O/c1-18-13-14-7-8-15(14)19-9-11-20(12-10-19)16-5-3-4-6-17(16)21-2/h3-6,14-15,18H,7-13H2,1-2H3. The summed E-state index contributed by atoms with van der Waals surface area (Å²) in [5.41, 5.74) is 1.24. The molecule has 2 fully saturated rings. The number of rotatable bonds is 5. The highest BCUT2D eigenvalue weighted by Gasteiger charge is 2.36. The van der Waals surface area contributed by atoms with Crippen molar-refractivity contribution in [1.82, 2.24) is 10.2 Å². The van der Waals surface area contributed by atoms with E-state index in [9.17, 15) is 0 Å². The zero-order valence-electron chi connectivity index (χ0n) is 13.2. The second kappa shape index (κ2) is 6.67. The van der Waals surface area contributed by atoms with Crippen LogP contribution in [0.3, 0.4) is 0 Å². The van der Waals surface area contributed by atoms with Gasteiger partial charge >= 0.3 is 0 Å². The highest BCUT2D eigenvalue weighted by atomic mass is 16.5. The molecule has 4 nitrogen and oxygen atoms in total. The Morgan fingerprint density at radius 3 is 2.52 bits per heavy atom. The number of methoxy groups -OCH3 is 1. The predicted molar refractivity (Wildman–Crippen MR) is 87.2 cm³/mol. The van der Waals surface area contributed by atoms with Gasteiger partial charge < -0.3 is 15.0 Å². The van der Waals surface area contributed by atoms with Crippen molar-refractivity contribution in [2.75, 3.05) is 51.8 Å². The lowest BCUT2D eigenvalue weighted by atomic mass is 9.78. The molecule has 0 bridgehead atoms. The third-order valence-electron chi connectivity index (χ3n) is 5.05. The Labute approximate surface area is 128 Å². The van der Waals surface area contributed by atoms with Crippen LogP contribution in [0.15, 0.2) is 24.3 Å². The van der Waals surface area contributed by atoms with Gasteiger partial charge in [0.1, 0.15) is 5.75 Å². The molecule has 3 rings (SSSR count). The van der Waals surface area contributed by atoms with Crippen LogP contribution in [0.2, 0.25) is 0 Å². The minimum Gasteiger partial charge on any atom is -0.495 e. The van der Waals surface area contributed by atoms with Gasteiger partial charge in [0.2, 0.25) is 0 Å². The van der Waals surface area contributed by atoms with E-state index in [2.05, 4.69) is 40.4 Å². The third kappa shape index (κ3) is 3.01. The molecule has 2 unspecified atom stereocenters. The lowest BCUT2D eigenvalue weighted by Crippen LogP contribution is -2.57. The van der Waals surface area contributed by atoms with Gasteiger partial charge in [-0.15, -0.1) is 0 Å². The fourth-order valence-electron chi connectivity index (χ4n) is 3.72. The fourth-order valence-corrected chi connectivity index (χ4v) is 3.72.